The lowest BCUT2D eigenvalue weighted by Gasteiger charge is -2.17. The lowest BCUT2D eigenvalue weighted by molar-refractivity contribution is -0.149. The van der Waals surface area contributed by atoms with Crippen LogP contribution in [0.3, 0.4) is 0 Å². The molecule has 33 heavy (non-hydrogen) atoms. The molecule has 0 radical (unpaired) electrons. The minimum absolute atomic E-state index is 0.0627. The van der Waals surface area contributed by atoms with Gasteiger partial charge < -0.3 is 38.1 Å². The van der Waals surface area contributed by atoms with Crippen molar-refractivity contribution in [3.05, 3.63) is 35.9 Å². The molecule has 0 fully saturated rings. The van der Waals surface area contributed by atoms with E-state index in [0.29, 0.717) is 72.6 Å². The molecule has 1 aromatic rings. The summed E-state index contributed by atoms with van der Waals surface area (Å²) in [5, 5.41) is 0. The van der Waals surface area contributed by atoms with E-state index >= 15 is 0 Å². The van der Waals surface area contributed by atoms with Gasteiger partial charge in [-0.2, -0.15) is 0 Å². The van der Waals surface area contributed by atoms with Gasteiger partial charge in [0.25, 0.3) is 0 Å². The van der Waals surface area contributed by atoms with Crippen LogP contribution in [0, 0.1) is 0 Å². The first-order valence-corrected chi connectivity index (χ1v) is 11.1. The predicted octanol–water partition coefficient (Wildman–Crippen LogP) is 1.90. The first kappa shape index (κ1) is 28.8. The molecule has 0 bridgehead atoms. The first-order valence-electron chi connectivity index (χ1n) is 11.1. The van der Waals surface area contributed by atoms with Crippen molar-refractivity contribution in [1.82, 2.24) is 4.90 Å². The summed E-state index contributed by atoms with van der Waals surface area (Å²) in [6.07, 6.45) is -0.385. The molecule has 0 aromatic heterocycles. The zero-order valence-corrected chi connectivity index (χ0v) is 19.7. The Hall–Kier alpha value is -2.24. The maximum absolute atomic E-state index is 11.9. The zero-order chi connectivity index (χ0) is 24.0. The van der Waals surface area contributed by atoms with E-state index in [1.54, 1.807) is 14.0 Å². The third-order valence-electron chi connectivity index (χ3n) is 4.10. The third-order valence-corrected chi connectivity index (χ3v) is 4.10. The van der Waals surface area contributed by atoms with Crippen molar-refractivity contribution >= 4 is 12.1 Å². The van der Waals surface area contributed by atoms with Crippen molar-refractivity contribution in [1.29, 1.82) is 0 Å². The van der Waals surface area contributed by atoms with E-state index < -0.39 is 0 Å². The van der Waals surface area contributed by atoms with Crippen molar-refractivity contribution in [2.75, 3.05) is 86.3 Å². The van der Waals surface area contributed by atoms with Gasteiger partial charge in [-0.05, 0) is 12.5 Å². The molecule has 1 rings (SSSR count). The maximum Gasteiger partial charge on any atom is 0.409 e. The van der Waals surface area contributed by atoms with E-state index in [0.717, 1.165) is 5.56 Å². The third kappa shape index (κ3) is 17.0. The van der Waals surface area contributed by atoms with E-state index in [9.17, 15) is 9.59 Å². The van der Waals surface area contributed by atoms with Gasteiger partial charge in [0.1, 0.15) is 13.2 Å². The molecule has 10 nitrogen and oxygen atoms in total. The van der Waals surface area contributed by atoms with Gasteiger partial charge in [-0.1, -0.05) is 30.3 Å². The Labute approximate surface area is 196 Å². The van der Waals surface area contributed by atoms with E-state index in [1.807, 2.05) is 30.3 Å². The van der Waals surface area contributed by atoms with Gasteiger partial charge in [-0.25, -0.2) is 9.59 Å². The highest BCUT2D eigenvalue weighted by Crippen LogP contribution is 2.02. The number of rotatable bonds is 20. The van der Waals surface area contributed by atoms with E-state index in [4.69, 9.17) is 33.2 Å². The fourth-order valence-corrected chi connectivity index (χ4v) is 2.36. The largest absolute Gasteiger partial charge is 0.464 e. The number of carbonyl (C=O) groups is 2. The number of nitrogens with zero attached hydrogens (tertiary/aromatic N) is 1. The lowest BCUT2D eigenvalue weighted by atomic mass is 10.2. The monoisotopic (exact) mass is 471 g/mol. The smallest absolute Gasteiger partial charge is 0.409 e. The van der Waals surface area contributed by atoms with Crippen LogP contribution in [0.2, 0.25) is 0 Å². The topological polar surface area (TPSA) is 102 Å². The van der Waals surface area contributed by atoms with Crippen LogP contribution in [0.25, 0.3) is 0 Å². The Kier molecular flexibility index (Phi) is 17.8. The molecule has 0 aliphatic rings. The maximum atomic E-state index is 11.9. The van der Waals surface area contributed by atoms with Gasteiger partial charge in [0.2, 0.25) is 0 Å². The van der Waals surface area contributed by atoms with Gasteiger partial charge in [0.05, 0.1) is 66.1 Å². The van der Waals surface area contributed by atoms with Crippen LogP contribution in [-0.2, 0) is 44.6 Å². The summed E-state index contributed by atoms with van der Waals surface area (Å²) in [5.74, 6) is -0.377. The highest BCUT2D eigenvalue weighted by Gasteiger charge is 2.09. The van der Waals surface area contributed by atoms with E-state index in [1.165, 1.54) is 4.90 Å². The van der Waals surface area contributed by atoms with Crippen molar-refractivity contribution in [3.63, 3.8) is 0 Å². The average Bonchev–Trinajstić information content (AvgIpc) is 2.82. The SMILES string of the molecule is CCOC(=O)COCCOCCOCCOCCOCCN(C)C(=O)OCc1ccccc1. The van der Waals surface area contributed by atoms with Gasteiger partial charge in [-0.3, -0.25) is 0 Å². The van der Waals surface area contributed by atoms with Crippen molar-refractivity contribution in [2.24, 2.45) is 0 Å². The molecular weight excluding hydrogens is 434 g/mol. The lowest BCUT2D eigenvalue weighted by Crippen LogP contribution is -2.31. The average molecular weight is 472 g/mol. The molecular formula is C23H37NO9. The number of amides is 1. The number of hydrogen-bond donors (Lipinski definition) is 0. The second-order valence-corrected chi connectivity index (χ2v) is 6.77. The Bertz CT molecular complexity index is 615. The molecule has 0 aliphatic carbocycles. The Morgan fingerprint density at radius 3 is 1.79 bits per heavy atom. The predicted molar refractivity (Wildman–Crippen MR) is 120 cm³/mol. The molecule has 0 saturated heterocycles. The Balaban J connectivity index is 1.80. The molecule has 0 heterocycles. The highest BCUT2D eigenvalue weighted by molar-refractivity contribution is 5.70. The zero-order valence-electron chi connectivity index (χ0n) is 19.7. The standard InChI is InChI=1S/C23H37NO9/c1-3-32-22(25)20-31-18-17-30-16-15-29-14-13-28-12-11-27-10-9-24(2)23(26)33-19-21-7-5-4-6-8-21/h4-8H,3,9-20H2,1-2H3. The van der Waals surface area contributed by atoms with Gasteiger partial charge in [0, 0.05) is 13.6 Å². The molecule has 0 unspecified atom stereocenters. The fourth-order valence-electron chi connectivity index (χ4n) is 2.36. The van der Waals surface area contributed by atoms with Crippen LogP contribution < -0.4 is 0 Å². The minimum atomic E-state index is -0.385. The van der Waals surface area contributed by atoms with Crippen LogP contribution in [0.4, 0.5) is 4.79 Å². The molecule has 0 aliphatic heterocycles. The second-order valence-electron chi connectivity index (χ2n) is 6.77. The van der Waals surface area contributed by atoms with E-state index in [2.05, 4.69) is 0 Å². The molecule has 0 spiro atoms. The summed E-state index contributed by atoms with van der Waals surface area (Å²) >= 11 is 0. The number of esters is 1. The molecule has 188 valence electrons. The van der Waals surface area contributed by atoms with Gasteiger partial charge in [-0.15, -0.1) is 0 Å². The number of carbonyl (C=O) groups excluding carboxylic acids is 2. The summed E-state index contributed by atoms with van der Waals surface area (Å²) in [4.78, 5) is 24.4. The summed E-state index contributed by atoms with van der Waals surface area (Å²) in [6.45, 7) is 6.50. The van der Waals surface area contributed by atoms with Crippen molar-refractivity contribution in [3.8, 4) is 0 Å². The molecule has 0 saturated carbocycles. The summed E-state index contributed by atoms with van der Waals surface area (Å²) in [6, 6.07) is 9.53. The van der Waals surface area contributed by atoms with Crippen molar-refractivity contribution in [2.45, 2.75) is 13.5 Å². The second kappa shape index (κ2) is 20.4. The molecule has 1 amide bonds. The van der Waals surface area contributed by atoms with Gasteiger partial charge in [0.15, 0.2) is 0 Å². The molecule has 0 atom stereocenters. The number of ether oxygens (including phenoxy) is 7. The molecule has 10 heteroatoms. The molecule has 0 N–H and O–H groups in total. The summed E-state index contributed by atoms with van der Waals surface area (Å²) in [7, 11) is 1.67. The molecule has 1 aromatic carbocycles. The number of hydrogen-bond acceptors (Lipinski definition) is 9. The fraction of sp³-hybridized carbons (Fsp3) is 0.652. The van der Waals surface area contributed by atoms with Crippen molar-refractivity contribution < 1.29 is 42.7 Å². The normalized spacial score (nSPS) is 10.7. The Morgan fingerprint density at radius 1 is 0.727 bits per heavy atom. The van der Waals surface area contributed by atoms with E-state index in [-0.39, 0.29) is 25.3 Å². The van der Waals surface area contributed by atoms with Crippen LogP contribution in [0.15, 0.2) is 30.3 Å². The highest BCUT2D eigenvalue weighted by atomic mass is 16.6. The minimum Gasteiger partial charge on any atom is -0.464 e. The van der Waals surface area contributed by atoms with Gasteiger partial charge >= 0.3 is 12.1 Å². The summed E-state index contributed by atoms with van der Waals surface area (Å²) in [5.41, 5.74) is 0.946. The van der Waals surface area contributed by atoms with Crippen LogP contribution >= 0.6 is 0 Å². The Morgan fingerprint density at radius 2 is 1.24 bits per heavy atom. The number of likely N-dealkylation sites (N-methyl/N-ethyl adjacent to an activating group) is 1. The van der Waals surface area contributed by atoms with Crippen LogP contribution in [-0.4, -0.2) is 103 Å². The van der Waals surface area contributed by atoms with Crippen LogP contribution in [0.5, 0.6) is 0 Å². The first-order chi connectivity index (χ1) is 16.1. The number of benzene rings is 1. The quantitative estimate of drug-likeness (QED) is 0.208. The van der Waals surface area contributed by atoms with Crippen LogP contribution in [0.1, 0.15) is 12.5 Å². The summed E-state index contributed by atoms with van der Waals surface area (Å²) < 4.78 is 36.7.